The van der Waals surface area contributed by atoms with Crippen molar-refractivity contribution in [2.75, 3.05) is 0 Å². The van der Waals surface area contributed by atoms with Crippen LogP contribution in [0.5, 0.6) is 0 Å². The first-order valence-electron chi connectivity index (χ1n) is 6.51. The van der Waals surface area contributed by atoms with Crippen molar-refractivity contribution < 1.29 is 4.79 Å². The second kappa shape index (κ2) is 5.22. The molecule has 0 unspecified atom stereocenters. The summed E-state index contributed by atoms with van der Waals surface area (Å²) in [4.78, 5) is 23.7. The minimum atomic E-state index is 0.0386. The number of aryl methyl sites for hydroxylation is 1. The highest BCUT2D eigenvalue weighted by Gasteiger charge is 2.25. The molecule has 0 fully saturated rings. The third kappa shape index (κ3) is 2.65. The molecule has 2 N–H and O–H groups in total. The SMILES string of the molecule is O=C(NCc1ccccn1)[C@H]1CCc2nc[nH]c2C1. The van der Waals surface area contributed by atoms with E-state index in [0.717, 1.165) is 36.3 Å². The van der Waals surface area contributed by atoms with E-state index in [2.05, 4.69) is 20.3 Å². The van der Waals surface area contributed by atoms with Crippen LogP contribution in [-0.2, 0) is 24.2 Å². The fourth-order valence-corrected chi connectivity index (χ4v) is 2.45. The number of rotatable bonds is 3. The molecule has 3 rings (SSSR count). The summed E-state index contributed by atoms with van der Waals surface area (Å²) in [5.74, 6) is 0.141. The molecule has 0 radical (unpaired) electrons. The average molecular weight is 256 g/mol. The summed E-state index contributed by atoms with van der Waals surface area (Å²) in [7, 11) is 0. The van der Waals surface area contributed by atoms with Crippen LogP contribution in [0.25, 0.3) is 0 Å². The van der Waals surface area contributed by atoms with E-state index < -0.39 is 0 Å². The Morgan fingerprint density at radius 2 is 2.37 bits per heavy atom. The van der Waals surface area contributed by atoms with Crippen molar-refractivity contribution >= 4 is 5.91 Å². The van der Waals surface area contributed by atoms with Crippen molar-refractivity contribution in [3.8, 4) is 0 Å². The molecule has 2 aromatic rings. The largest absolute Gasteiger partial charge is 0.350 e. The lowest BCUT2D eigenvalue weighted by Gasteiger charge is -2.20. The maximum absolute atomic E-state index is 12.1. The summed E-state index contributed by atoms with van der Waals surface area (Å²) in [5, 5.41) is 2.96. The van der Waals surface area contributed by atoms with Gasteiger partial charge >= 0.3 is 0 Å². The van der Waals surface area contributed by atoms with E-state index in [4.69, 9.17) is 0 Å². The molecule has 0 saturated carbocycles. The van der Waals surface area contributed by atoms with E-state index in [1.54, 1.807) is 12.5 Å². The van der Waals surface area contributed by atoms with Crippen LogP contribution < -0.4 is 5.32 Å². The molecule has 0 spiro atoms. The lowest BCUT2D eigenvalue weighted by atomic mass is 9.89. The average Bonchev–Trinajstić information content (AvgIpc) is 2.93. The highest BCUT2D eigenvalue weighted by molar-refractivity contribution is 5.79. The van der Waals surface area contributed by atoms with Crippen LogP contribution in [0.3, 0.4) is 0 Å². The van der Waals surface area contributed by atoms with Crippen LogP contribution in [0.2, 0.25) is 0 Å². The standard InChI is InChI=1S/C14H16N4O/c19-14(16-8-11-3-1-2-6-15-11)10-4-5-12-13(7-10)18-9-17-12/h1-3,6,9-10H,4-5,7-8H2,(H,16,19)(H,17,18)/t10-/m0/s1. The van der Waals surface area contributed by atoms with E-state index in [0.29, 0.717) is 6.54 Å². The number of nitrogens with one attached hydrogen (secondary N) is 2. The molecule has 5 nitrogen and oxygen atoms in total. The van der Waals surface area contributed by atoms with Gasteiger partial charge in [-0.3, -0.25) is 9.78 Å². The van der Waals surface area contributed by atoms with Crippen molar-refractivity contribution in [2.24, 2.45) is 5.92 Å². The number of imidazole rings is 1. The molecule has 2 aromatic heterocycles. The third-order valence-electron chi connectivity index (χ3n) is 3.53. The highest BCUT2D eigenvalue weighted by atomic mass is 16.1. The quantitative estimate of drug-likeness (QED) is 0.867. The number of carbonyl (C=O) groups is 1. The Hall–Kier alpha value is -2.17. The lowest BCUT2D eigenvalue weighted by molar-refractivity contribution is -0.125. The molecule has 1 amide bonds. The molecule has 19 heavy (non-hydrogen) atoms. The van der Waals surface area contributed by atoms with Crippen molar-refractivity contribution in [3.63, 3.8) is 0 Å². The lowest BCUT2D eigenvalue weighted by Crippen LogP contribution is -2.33. The molecular formula is C14H16N4O. The van der Waals surface area contributed by atoms with Crippen molar-refractivity contribution in [3.05, 3.63) is 47.8 Å². The number of fused-ring (bicyclic) bond motifs is 1. The van der Waals surface area contributed by atoms with Gasteiger partial charge < -0.3 is 10.3 Å². The molecule has 1 atom stereocenters. The van der Waals surface area contributed by atoms with Gasteiger partial charge in [0.1, 0.15) is 0 Å². The maximum atomic E-state index is 12.1. The van der Waals surface area contributed by atoms with Gasteiger partial charge in [0.05, 0.1) is 24.3 Å². The van der Waals surface area contributed by atoms with Crippen LogP contribution in [-0.4, -0.2) is 20.9 Å². The molecule has 2 heterocycles. The van der Waals surface area contributed by atoms with Crippen LogP contribution in [0.1, 0.15) is 23.5 Å². The number of hydrogen-bond acceptors (Lipinski definition) is 3. The number of aromatic amines is 1. The summed E-state index contributed by atoms with van der Waals surface area (Å²) in [6.07, 6.45) is 5.94. The summed E-state index contributed by atoms with van der Waals surface area (Å²) in [5.41, 5.74) is 3.09. The molecule has 5 heteroatoms. The van der Waals surface area contributed by atoms with Gasteiger partial charge in [0.2, 0.25) is 5.91 Å². The Bertz CT molecular complexity index is 564. The Morgan fingerprint density at radius 1 is 1.42 bits per heavy atom. The number of pyridine rings is 1. The smallest absolute Gasteiger partial charge is 0.223 e. The van der Waals surface area contributed by atoms with Crippen molar-refractivity contribution in [2.45, 2.75) is 25.8 Å². The minimum absolute atomic E-state index is 0.0386. The second-order valence-electron chi connectivity index (χ2n) is 4.81. The van der Waals surface area contributed by atoms with Crippen molar-refractivity contribution in [1.29, 1.82) is 0 Å². The van der Waals surface area contributed by atoms with Gasteiger partial charge in [-0.05, 0) is 25.0 Å². The molecule has 1 aliphatic carbocycles. The van der Waals surface area contributed by atoms with Gasteiger partial charge in [-0.15, -0.1) is 0 Å². The summed E-state index contributed by atoms with van der Waals surface area (Å²) >= 11 is 0. The van der Waals surface area contributed by atoms with Gasteiger partial charge in [0.15, 0.2) is 0 Å². The van der Waals surface area contributed by atoms with E-state index in [1.165, 1.54) is 0 Å². The fourth-order valence-electron chi connectivity index (χ4n) is 2.45. The summed E-state index contributed by atoms with van der Waals surface area (Å²) < 4.78 is 0. The monoisotopic (exact) mass is 256 g/mol. The van der Waals surface area contributed by atoms with E-state index in [-0.39, 0.29) is 11.8 Å². The van der Waals surface area contributed by atoms with Gasteiger partial charge in [-0.2, -0.15) is 0 Å². The number of nitrogens with zero attached hydrogens (tertiary/aromatic N) is 2. The first-order chi connectivity index (χ1) is 9.33. The van der Waals surface area contributed by atoms with E-state index >= 15 is 0 Å². The maximum Gasteiger partial charge on any atom is 0.223 e. The molecule has 1 aliphatic rings. The predicted octanol–water partition coefficient (Wildman–Crippen LogP) is 1.23. The summed E-state index contributed by atoms with van der Waals surface area (Å²) in [6.45, 7) is 0.492. The third-order valence-corrected chi connectivity index (χ3v) is 3.53. The van der Waals surface area contributed by atoms with E-state index in [1.807, 2.05) is 18.2 Å². The zero-order chi connectivity index (χ0) is 13.1. The van der Waals surface area contributed by atoms with Crippen LogP contribution >= 0.6 is 0 Å². The fraction of sp³-hybridized carbons (Fsp3) is 0.357. The number of H-pyrrole nitrogens is 1. The zero-order valence-electron chi connectivity index (χ0n) is 10.6. The normalized spacial score (nSPS) is 17.8. The Morgan fingerprint density at radius 3 is 3.21 bits per heavy atom. The van der Waals surface area contributed by atoms with Gasteiger partial charge in [0.25, 0.3) is 0 Å². The minimum Gasteiger partial charge on any atom is -0.350 e. The topological polar surface area (TPSA) is 70.7 Å². The molecule has 0 aliphatic heterocycles. The number of amides is 1. The van der Waals surface area contributed by atoms with Crippen LogP contribution in [0.4, 0.5) is 0 Å². The molecule has 98 valence electrons. The summed E-state index contributed by atoms with van der Waals surface area (Å²) in [6, 6.07) is 5.70. The van der Waals surface area contributed by atoms with Gasteiger partial charge in [0, 0.05) is 24.2 Å². The van der Waals surface area contributed by atoms with Crippen molar-refractivity contribution in [1.82, 2.24) is 20.3 Å². The van der Waals surface area contributed by atoms with Crippen LogP contribution in [0, 0.1) is 5.92 Å². The van der Waals surface area contributed by atoms with E-state index in [9.17, 15) is 4.79 Å². The second-order valence-corrected chi connectivity index (χ2v) is 4.81. The van der Waals surface area contributed by atoms with Gasteiger partial charge in [-0.25, -0.2) is 4.98 Å². The number of aromatic nitrogens is 3. The van der Waals surface area contributed by atoms with Crippen LogP contribution in [0.15, 0.2) is 30.7 Å². The highest BCUT2D eigenvalue weighted by Crippen LogP contribution is 2.22. The molecular weight excluding hydrogens is 240 g/mol. The Balaban J connectivity index is 1.57. The zero-order valence-corrected chi connectivity index (χ0v) is 10.6. The predicted molar refractivity (Wildman–Crippen MR) is 70.2 cm³/mol. The molecule has 0 saturated heterocycles. The first kappa shape index (κ1) is 11.9. The first-order valence-corrected chi connectivity index (χ1v) is 6.51. The number of hydrogen-bond donors (Lipinski definition) is 2. The number of carbonyl (C=O) groups excluding carboxylic acids is 1. The van der Waals surface area contributed by atoms with Gasteiger partial charge in [-0.1, -0.05) is 6.07 Å². The molecule has 0 aromatic carbocycles. The molecule has 0 bridgehead atoms. The Labute approximate surface area is 111 Å². The Kier molecular flexibility index (Phi) is 3.27.